The highest BCUT2D eigenvalue weighted by atomic mass is 16.5. The van der Waals surface area contributed by atoms with Gasteiger partial charge < -0.3 is 10.1 Å². The highest BCUT2D eigenvalue weighted by Gasteiger charge is 2.18. The number of nitrogens with one attached hydrogen (secondary N) is 1. The first-order valence-electron chi connectivity index (χ1n) is 6.40. The summed E-state index contributed by atoms with van der Waals surface area (Å²) in [5.74, 6) is 0. The molecule has 0 amide bonds. The van der Waals surface area contributed by atoms with Gasteiger partial charge in [0.1, 0.15) is 0 Å². The molecule has 1 aliphatic heterocycles. The molecule has 1 aliphatic rings. The molecular formula is C14H21N3O. The molecule has 2 heterocycles. The van der Waals surface area contributed by atoms with Gasteiger partial charge in [-0.2, -0.15) is 5.10 Å². The first-order chi connectivity index (χ1) is 8.77. The Morgan fingerprint density at radius 3 is 2.83 bits per heavy atom. The molecule has 3 rings (SSSR count). The highest BCUT2D eigenvalue weighted by molar-refractivity contribution is 5.81. The molecule has 0 aliphatic carbocycles. The summed E-state index contributed by atoms with van der Waals surface area (Å²) in [7, 11) is 3.75. The monoisotopic (exact) mass is 247 g/mol. The Hall–Kier alpha value is -1.39. The fourth-order valence-corrected chi connectivity index (χ4v) is 2.16. The third-order valence-corrected chi connectivity index (χ3v) is 3.04. The van der Waals surface area contributed by atoms with E-state index in [0.717, 1.165) is 18.5 Å². The van der Waals surface area contributed by atoms with Crippen molar-refractivity contribution in [2.45, 2.75) is 26.0 Å². The largest absolute Gasteiger partial charge is 0.375 e. The minimum Gasteiger partial charge on any atom is -0.375 e. The van der Waals surface area contributed by atoms with Crippen LogP contribution in [0.3, 0.4) is 0 Å². The van der Waals surface area contributed by atoms with Gasteiger partial charge in [0.2, 0.25) is 0 Å². The SMILES string of the molecule is CC1CCOCc2c3ccccc3nn21.CNC. The first-order valence-corrected chi connectivity index (χ1v) is 6.40. The number of rotatable bonds is 0. The van der Waals surface area contributed by atoms with Crippen LogP contribution in [0.4, 0.5) is 0 Å². The smallest absolute Gasteiger partial charge is 0.0927 e. The molecule has 0 bridgehead atoms. The summed E-state index contributed by atoms with van der Waals surface area (Å²) >= 11 is 0. The Labute approximate surface area is 108 Å². The summed E-state index contributed by atoms with van der Waals surface area (Å²) < 4.78 is 7.72. The van der Waals surface area contributed by atoms with Crippen LogP contribution in [-0.4, -0.2) is 30.5 Å². The van der Waals surface area contributed by atoms with Gasteiger partial charge in [-0.25, -0.2) is 0 Å². The average Bonchev–Trinajstić information content (AvgIpc) is 2.65. The zero-order chi connectivity index (χ0) is 13.0. The van der Waals surface area contributed by atoms with E-state index >= 15 is 0 Å². The van der Waals surface area contributed by atoms with Crippen LogP contribution in [0.25, 0.3) is 10.9 Å². The Balaban J connectivity index is 0.000000367. The minimum absolute atomic E-state index is 0.440. The zero-order valence-corrected chi connectivity index (χ0v) is 11.3. The van der Waals surface area contributed by atoms with Gasteiger partial charge in [-0.15, -0.1) is 0 Å². The Kier molecular flexibility index (Phi) is 4.33. The Morgan fingerprint density at radius 2 is 2.06 bits per heavy atom. The molecule has 4 nitrogen and oxygen atoms in total. The van der Waals surface area contributed by atoms with Gasteiger partial charge in [0.15, 0.2) is 0 Å². The molecule has 1 atom stereocenters. The molecule has 2 aromatic rings. The third-order valence-electron chi connectivity index (χ3n) is 3.04. The van der Waals surface area contributed by atoms with E-state index in [-0.39, 0.29) is 0 Å². The van der Waals surface area contributed by atoms with Crippen molar-refractivity contribution >= 4 is 10.9 Å². The summed E-state index contributed by atoms with van der Waals surface area (Å²) in [4.78, 5) is 0. The van der Waals surface area contributed by atoms with Gasteiger partial charge in [0.25, 0.3) is 0 Å². The topological polar surface area (TPSA) is 39.1 Å². The standard InChI is InChI=1S/C12H14N2O.C2H7N/c1-9-6-7-15-8-12-10-4-2-3-5-11(10)13-14(9)12;1-3-2/h2-5,9H,6-8H2,1H3;3H,1-2H3. The predicted molar refractivity (Wildman–Crippen MR) is 73.7 cm³/mol. The van der Waals surface area contributed by atoms with Crippen molar-refractivity contribution in [3.63, 3.8) is 0 Å². The number of aromatic nitrogens is 2. The summed E-state index contributed by atoms with van der Waals surface area (Å²) in [6.45, 7) is 3.72. The molecule has 0 fully saturated rings. The predicted octanol–water partition coefficient (Wildman–Crippen LogP) is 2.35. The van der Waals surface area contributed by atoms with Gasteiger partial charge in [0, 0.05) is 12.0 Å². The van der Waals surface area contributed by atoms with E-state index < -0.39 is 0 Å². The lowest BCUT2D eigenvalue weighted by atomic mass is 10.2. The second-order valence-corrected chi connectivity index (χ2v) is 4.60. The number of fused-ring (bicyclic) bond motifs is 3. The second-order valence-electron chi connectivity index (χ2n) is 4.60. The van der Waals surface area contributed by atoms with Crippen LogP contribution < -0.4 is 5.32 Å². The zero-order valence-electron chi connectivity index (χ0n) is 11.3. The van der Waals surface area contributed by atoms with Crippen LogP contribution in [0.2, 0.25) is 0 Å². The van der Waals surface area contributed by atoms with Crippen LogP contribution in [0, 0.1) is 0 Å². The molecule has 1 unspecified atom stereocenters. The van der Waals surface area contributed by atoms with Crippen LogP contribution in [0.1, 0.15) is 25.1 Å². The third kappa shape index (κ3) is 2.54. The molecular weight excluding hydrogens is 226 g/mol. The summed E-state index contributed by atoms with van der Waals surface area (Å²) in [5.41, 5.74) is 2.29. The number of nitrogens with zero attached hydrogens (tertiary/aromatic N) is 2. The summed E-state index contributed by atoms with van der Waals surface area (Å²) in [5, 5.41) is 8.61. The van der Waals surface area contributed by atoms with Crippen LogP contribution in [0.15, 0.2) is 24.3 Å². The molecule has 1 aromatic carbocycles. The molecule has 0 saturated carbocycles. The first kappa shape index (κ1) is 13.1. The van der Waals surface area contributed by atoms with E-state index in [1.165, 1.54) is 11.1 Å². The summed E-state index contributed by atoms with van der Waals surface area (Å²) in [6.07, 6.45) is 1.04. The van der Waals surface area contributed by atoms with Crippen molar-refractivity contribution in [3.05, 3.63) is 30.0 Å². The molecule has 0 saturated heterocycles. The maximum atomic E-state index is 5.60. The molecule has 0 spiro atoms. The summed E-state index contributed by atoms with van der Waals surface area (Å²) in [6, 6.07) is 8.70. The molecule has 0 radical (unpaired) electrons. The number of ether oxygens (including phenoxy) is 1. The fraction of sp³-hybridized carbons (Fsp3) is 0.500. The van der Waals surface area contributed by atoms with Gasteiger partial charge >= 0.3 is 0 Å². The van der Waals surface area contributed by atoms with E-state index in [0.29, 0.717) is 12.6 Å². The van der Waals surface area contributed by atoms with Gasteiger partial charge in [0.05, 0.1) is 23.9 Å². The van der Waals surface area contributed by atoms with Gasteiger partial charge in [-0.1, -0.05) is 18.2 Å². The van der Waals surface area contributed by atoms with Crippen molar-refractivity contribution in [3.8, 4) is 0 Å². The average molecular weight is 247 g/mol. The van der Waals surface area contributed by atoms with Crippen molar-refractivity contribution in [2.75, 3.05) is 20.7 Å². The Bertz CT molecular complexity index is 507. The number of benzene rings is 1. The van der Waals surface area contributed by atoms with Gasteiger partial charge in [-0.05, 0) is 33.5 Å². The van der Waals surface area contributed by atoms with Crippen molar-refractivity contribution in [2.24, 2.45) is 0 Å². The van der Waals surface area contributed by atoms with Crippen molar-refractivity contribution < 1.29 is 4.74 Å². The molecule has 4 heteroatoms. The Morgan fingerprint density at radius 1 is 1.33 bits per heavy atom. The van der Waals surface area contributed by atoms with E-state index in [1.54, 1.807) is 0 Å². The minimum atomic E-state index is 0.440. The van der Waals surface area contributed by atoms with Crippen LogP contribution in [0.5, 0.6) is 0 Å². The van der Waals surface area contributed by atoms with E-state index in [9.17, 15) is 0 Å². The lowest BCUT2D eigenvalue weighted by Crippen LogP contribution is -2.08. The van der Waals surface area contributed by atoms with E-state index in [1.807, 2.05) is 20.2 Å². The highest BCUT2D eigenvalue weighted by Crippen LogP contribution is 2.25. The molecule has 18 heavy (non-hydrogen) atoms. The molecule has 1 N–H and O–H groups in total. The lowest BCUT2D eigenvalue weighted by Gasteiger charge is -2.09. The maximum Gasteiger partial charge on any atom is 0.0927 e. The maximum absolute atomic E-state index is 5.60. The normalized spacial score (nSPS) is 18.7. The molecule has 98 valence electrons. The molecule has 1 aromatic heterocycles. The fourth-order valence-electron chi connectivity index (χ4n) is 2.16. The van der Waals surface area contributed by atoms with E-state index in [4.69, 9.17) is 4.74 Å². The van der Waals surface area contributed by atoms with E-state index in [2.05, 4.69) is 40.2 Å². The second kappa shape index (κ2) is 5.98. The number of hydrogen-bond acceptors (Lipinski definition) is 3. The number of hydrogen-bond donors (Lipinski definition) is 1. The van der Waals surface area contributed by atoms with Crippen LogP contribution in [-0.2, 0) is 11.3 Å². The van der Waals surface area contributed by atoms with Crippen LogP contribution >= 0.6 is 0 Å². The van der Waals surface area contributed by atoms with Crippen molar-refractivity contribution in [1.82, 2.24) is 15.1 Å². The van der Waals surface area contributed by atoms with Crippen molar-refractivity contribution in [1.29, 1.82) is 0 Å². The van der Waals surface area contributed by atoms with Gasteiger partial charge in [-0.3, -0.25) is 4.68 Å². The quantitative estimate of drug-likeness (QED) is 0.776. The lowest BCUT2D eigenvalue weighted by molar-refractivity contribution is 0.123.